The normalized spacial score (nSPS) is 27.6. The monoisotopic (exact) mass is 306 g/mol. The highest BCUT2D eigenvalue weighted by Crippen LogP contribution is 2.34. The molecule has 0 heterocycles. The summed E-state index contributed by atoms with van der Waals surface area (Å²) in [6.45, 7) is 2.49. The third-order valence-electron chi connectivity index (χ3n) is 2.66. The van der Waals surface area contributed by atoms with Crippen molar-refractivity contribution in [2.24, 2.45) is 0 Å². The fourth-order valence-electron chi connectivity index (χ4n) is 1.82. The second-order valence-corrected chi connectivity index (χ2v) is 5.11. The first-order valence-corrected chi connectivity index (χ1v) is 6.40. The smallest absolute Gasteiger partial charge is 0.129 e. The molecule has 1 fully saturated rings. The molecule has 3 unspecified atom stereocenters. The maximum Gasteiger partial charge on any atom is 0.129 e. The highest BCUT2D eigenvalue weighted by molar-refractivity contribution is 9.09. The Bertz CT molecular complexity index is 380. The fraction of sp³-hybridized carbons (Fsp3) is 0.500. The molecule has 0 bridgehead atoms. The van der Waals surface area contributed by atoms with Crippen molar-refractivity contribution in [3.05, 3.63) is 29.8 Å². The highest BCUT2D eigenvalue weighted by atomic mass is 79.9. The molecule has 0 aliphatic heterocycles. The molecule has 0 spiro atoms. The topological polar surface area (TPSA) is 18.5 Å². The lowest BCUT2D eigenvalue weighted by molar-refractivity contribution is -0.0724. The van der Waals surface area contributed by atoms with Crippen molar-refractivity contribution < 1.29 is 18.3 Å². The molecule has 1 saturated carbocycles. The van der Waals surface area contributed by atoms with Crippen LogP contribution >= 0.6 is 15.9 Å². The van der Waals surface area contributed by atoms with Crippen molar-refractivity contribution in [2.45, 2.75) is 30.4 Å². The van der Waals surface area contributed by atoms with Crippen LogP contribution in [-0.4, -0.2) is 23.6 Å². The summed E-state index contributed by atoms with van der Waals surface area (Å²) in [5.74, 6) is -1.07. The van der Waals surface area contributed by atoms with Gasteiger partial charge in [-0.05, 0) is 6.92 Å². The van der Waals surface area contributed by atoms with Gasteiger partial charge in [0.05, 0.1) is 0 Å². The Morgan fingerprint density at radius 2 is 1.94 bits per heavy atom. The van der Waals surface area contributed by atoms with Crippen LogP contribution in [0.5, 0.6) is 5.75 Å². The molecule has 94 valence electrons. The predicted molar refractivity (Wildman–Crippen MR) is 63.5 cm³/mol. The van der Waals surface area contributed by atoms with Gasteiger partial charge in [0.25, 0.3) is 0 Å². The summed E-state index contributed by atoms with van der Waals surface area (Å²) in [7, 11) is 0. The number of halogens is 3. The van der Waals surface area contributed by atoms with Crippen molar-refractivity contribution in [1.29, 1.82) is 0 Å². The van der Waals surface area contributed by atoms with Crippen LogP contribution in [0.4, 0.5) is 8.78 Å². The Morgan fingerprint density at radius 3 is 2.47 bits per heavy atom. The van der Waals surface area contributed by atoms with Gasteiger partial charge < -0.3 is 9.47 Å². The summed E-state index contributed by atoms with van der Waals surface area (Å²) < 4.78 is 36.9. The maximum atomic E-state index is 13.0. The van der Waals surface area contributed by atoms with Gasteiger partial charge in [0.2, 0.25) is 0 Å². The molecular formula is C12H13BrF2O2. The maximum absolute atomic E-state index is 13.0. The summed E-state index contributed by atoms with van der Waals surface area (Å²) in [5, 5.41) is 0. The first-order valence-electron chi connectivity index (χ1n) is 5.48. The lowest BCUT2D eigenvalue weighted by Crippen LogP contribution is -2.52. The number of hydrogen-bond acceptors (Lipinski definition) is 2. The SMILES string of the molecule is CCOC1C(Br)CC1Oc1cc(F)cc(F)c1. The van der Waals surface area contributed by atoms with E-state index < -0.39 is 11.6 Å². The van der Waals surface area contributed by atoms with E-state index in [0.717, 1.165) is 12.5 Å². The van der Waals surface area contributed by atoms with Gasteiger partial charge in [0.15, 0.2) is 0 Å². The molecule has 0 radical (unpaired) electrons. The molecule has 5 heteroatoms. The van der Waals surface area contributed by atoms with E-state index >= 15 is 0 Å². The first kappa shape index (κ1) is 12.8. The summed E-state index contributed by atoms with van der Waals surface area (Å²) >= 11 is 3.46. The average Bonchev–Trinajstić information content (AvgIpc) is 2.24. The van der Waals surface area contributed by atoms with E-state index in [9.17, 15) is 8.78 Å². The minimum atomic E-state index is -0.636. The summed E-state index contributed by atoms with van der Waals surface area (Å²) in [6.07, 6.45) is 0.551. The number of alkyl halides is 1. The third kappa shape index (κ3) is 2.96. The molecule has 3 atom stereocenters. The van der Waals surface area contributed by atoms with Crippen LogP contribution in [0.1, 0.15) is 13.3 Å². The van der Waals surface area contributed by atoms with Crippen LogP contribution in [0.25, 0.3) is 0 Å². The van der Waals surface area contributed by atoms with E-state index in [1.165, 1.54) is 12.1 Å². The Kier molecular flexibility index (Phi) is 3.99. The molecular weight excluding hydrogens is 294 g/mol. The lowest BCUT2D eigenvalue weighted by atomic mass is 9.91. The van der Waals surface area contributed by atoms with E-state index in [2.05, 4.69) is 15.9 Å². The van der Waals surface area contributed by atoms with Crippen LogP contribution in [0, 0.1) is 11.6 Å². The molecule has 1 aliphatic rings. The molecule has 1 aromatic carbocycles. The lowest BCUT2D eigenvalue weighted by Gasteiger charge is -2.40. The van der Waals surface area contributed by atoms with E-state index in [4.69, 9.17) is 9.47 Å². The van der Waals surface area contributed by atoms with Crippen molar-refractivity contribution in [3.63, 3.8) is 0 Å². The van der Waals surface area contributed by atoms with Gasteiger partial charge in [0, 0.05) is 36.1 Å². The van der Waals surface area contributed by atoms with Crippen LogP contribution in [0.15, 0.2) is 18.2 Å². The Balaban J connectivity index is 2.01. The standard InChI is InChI=1S/C12H13BrF2O2/c1-2-16-12-10(13)6-11(12)17-9-4-7(14)3-8(15)5-9/h3-5,10-12H,2,6H2,1H3. The Hall–Kier alpha value is -0.680. The number of benzene rings is 1. The third-order valence-corrected chi connectivity index (χ3v) is 3.56. The summed E-state index contributed by atoms with van der Waals surface area (Å²) in [6, 6.07) is 3.17. The second-order valence-electron chi connectivity index (χ2n) is 3.93. The molecule has 0 N–H and O–H groups in total. The Morgan fingerprint density at radius 1 is 1.29 bits per heavy atom. The van der Waals surface area contributed by atoms with E-state index in [1.807, 2.05) is 6.92 Å². The minimum absolute atomic E-state index is 0.0636. The van der Waals surface area contributed by atoms with Crippen LogP contribution in [0.3, 0.4) is 0 Å². The first-order chi connectivity index (χ1) is 8.10. The van der Waals surface area contributed by atoms with Crippen LogP contribution < -0.4 is 4.74 Å². The molecule has 0 aromatic heterocycles. The zero-order valence-electron chi connectivity index (χ0n) is 9.33. The van der Waals surface area contributed by atoms with Crippen LogP contribution in [0.2, 0.25) is 0 Å². The van der Waals surface area contributed by atoms with Crippen LogP contribution in [-0.2, 0) is 4.74 Å². The largest absolute Gasteiger partial charge is 0.487 e. The predicted octanol–water partition coefficient (Wildman–Crippen LogP) is 3.28. The van der Waals surface area contributed by atoms with Gasteiger partial charge in [-0.2, -0.15) is 0 Å². The van der Waals surface area contributed by atoms with Gasteiger partial charge >= 0.3 is 0 Å². The summed E-state index contributed by atoms with van der Waals surface area (Å²) in [5.41, 5.74) is 0. The number of rotatable bonds is 4. The molecule has 0 saturated heterocycles. The number of ether oxygens (including phenoxy) is 2. The van der Waals surface area contributed by atoms with E-state index in [-0.39, 0.29) is 22.8 Å². The van der Waals surface area contributed by atoms with E-state index in [1.54, 1.807) is 0 Å². The number of hydrogen-bond donors (Lipinski definition) is 0. The molecule has 17 heavy (non-hydrogen) atoms. The van der Waals surface area contributed by atoms with E-state index in [0.29, 0.717) is 6.61 Å². The zero-order valence-corrected chi connectivity index (χ0v) is 10.9. The molecule has 1 aliphatic carbocycles. The van der Waals surface area contributed by atoms with Crippen molar-refractivity contribution in [1.82, 2.24) is 0 Å². The van der Waals surface area contributed by atoms with Gasteiger partial charge in [-0.25, -0.2) is 8.78 Å². The molecule has 2 rings (SSSR count). The van der Waals surface area contributed by atoms with Crippen molar-refractivity contribution in [2.75, 3.05) is 6.61 Å². The minimum Gasteiger partial charge on any atom is -0.487 e. The Labute approximate surface area is 107 Å². The quantitative estimate of drug-likeness (QED) is 0.795. The van der Waals surface area contributed by atoms with Gasteiger partial charge in [0.1, 0.15) is 29.6 Å². The highest BCUT2D eigenvalue weighted by Gasteiger charge is 2.42. The van der Waals surface area contributed by atoms with Gasteiger partial charge in [-0.15, -0.1) is 0 Å². The van der Waals surface area contributed by atoms with Crippen molar-refractivity contribution in [3.8, 4) is 5.75 Å². The zero-order chi connectivity index (χ0) is 12.4. The second kappa shape index (κ2) is 5.31. The average molecular weight is 307 g/mol. The summed E-state index contributed by atoms with van der Waals surface area (Å²) in [4.78, 5) is 0.242. The van der Waals surface area contributed by atoms with Crippen molar-refractivity contribution >= 4 is 15.9 Å². The van der Waals surface area contributed by atoms with Gasteiger partial charge in [-0.1, -0.05) is 15.9 Å². The molecule has 1 aromatic rings. The fourth-order valence-corrected chi connectivity index (χ4v) is 2.68. The van der Waals surface area contributed by atoms with Gasteiger partial charge in [-0.3, -0.25) is 0 Å². The molecule has 2 nitrogen and oxygen atoms in total. The molecule has 0 amide bonds.